The van der Waals surface area contributed by atoms with Crippen molar-refractivity contribution in [1.82, 2.24) is 15.6 Å². The molecule has 0 aromatic carbocycles. The molecule has 0 atom stereocenters. The number of anilines is 1. The van der Waals surface area contributed by atoms with Gasteiger partial charge < -0.3 is 21.1 Å². The number of carboxylic acids is 1. The molecule has 0 bridgehead atoms. The maximum Gasteiger partial charge on any atom is 0.337 e. The highest BCUT2D eigenvalue weighted by Crippen LogP contribution is 2.07. The summed E-state index contributed by atoms with van der Waals surface area (Å²) in [6.07, 6.45) is 2.48. The first-order chi connectivity index (χ1) is 9.88. The van der Waals surface area contributed by atoms with E-state index in [1.54, 1.807) is 0 Å². The summed E-state index contributed by atoms with van der Waals surface area (Å²) in [6, 6.07) is 0.660. The molecule has 0 radical (unpaired) electrons. The number of rotatable bonds is 6. The molecule has 21 heavy (non-hydrogen) atoms. The number of aromatic carboxylic acids is 1. The lowest BCUT2D eigenvalue weighted by molar-refractivity contribution is -0.120. The Hall–Kier alpha value is -2.64. The number of nitrogens with zero attached hydrogens (tertiary/aromatic N) is 1. The second-order valence-corrected chi connectivity index (χ2v) is 4.77. The lowest BCUT2D eigenvalue weighted by atomic mass is 10.2. The first-order valence-corrected chi connectivity index (χ1v) is 6.38. The van der Waals surface area contributed by atoms with Crippen LogP contribution >= 0.6 is 0 Å². The number of amides is 3. The van der Waals surface area contributed by atoms with Crippen LogP contribution in [0.15, 0.2) is 18.5 Å². The fourth-order valence-corrected chi connectivity index (χ4v) is 1.34. The van der Waals surface area contributed by atoms with Crippen LogP contribution in [0.4, 0.5) is 10.5 Å². The number of hydrogen-bond acceptors (Lipinski definition) is 4. The van der Waals surface area contributed by atoms with Gasteiger partial charge in [-0.2, -0.15) is 0 Å². The number of pyridine rings is 1. The van der Waals surface area contributed by atoms with Gasteiger partial charge in [-0.1, -0.05) is 13.8 Å². The molecule has 8 heteroatoms. The minimum Gasteiger partial charge on any atom is -0.478 e. The van der Waals surface area contributed by atoms with Crippen molar-refractivity contribution in [3.8, 4) is 0 Å². The highest BCUT2D eigenvalue weighted by Gasteiger charge is 2.08. The normalized spacial score (nSPS) is 10.0. The number of carbonyl (C=O) groups is 3. The minimum absolute atomic E-state index is 0.0394. The molecular formula is C13H18N4O4. The Kier molecular flexibility index (Phi) is 6.12. The van der Waals surface area contributed by atoms with E-state index in [4.69, 9.17) is 5.11 Å². The zero-order valence-corrected chi connectivity index (χ0v) is 11.8. The first-order valence-electron chi connectivity index (χ1n) is 6.38. The molecule has 1 heterocycles. The van der Waals surface area contributed by atoms with E-state index in [2.05, 4.69) is 20.9 Å². The summed E-state index contributed by atoms with van der Waals surface area (Å²) in [6.45, 7) is 4.29. The molecule has 0 aliphatic heterocycles. The predicted octanol–water partition coefficient (Wildman–Crippen LogP) is 0.673. The number of hydrogen-bond donors (Lipinski definition) is 4. The summed E-state index contributed by atoms with van der Waals surface area (Å²) in [5, 5.41) is 16.2. The summed E-state index contributed by atoms with van der Waals surface area (Å²) >= 11 is 0. The maximum atomic E-state index is 11.6. The zero-order chi connectivity index (χ0) is 15.8. The van der Waals surface area contributed by atoms with Gasteiger partial charge in [-0.3, -0.25) is 9.78 Å². The van der Waals surface area contributed by atoms with Crippen LogP contribution in [0.1, 0.15) is 24.2 Å². The van der Waals surface area contributed by atoms with Crippen molar-refractivity contribution in [2.45, 2.75) is 13.8 Å². The van der Waals surface area contributed by atoms with Gasteiger partial charge >= 0.3 is 12.0 Å². The Labute approximate surface area is 121 Å². The molecule has 114 valence electrons. The lowest BCUT2D eigenvalue weighted by Crippen LogP contribution is -2.40. The van der Waals surface area contributed by atoms with Crippen LogP contribution in [-0.2, 0) is 4.79 Å². The SMILES string of the molecule is CC(C)CNC(=O)CNC(=O)Nc1cncc(C(=O)O)c1. The Bertz CT molecular complexity index is 531. The molecule has 1 aromatic rings. The lowest BCUT2D eigenvalue weighted by Gasteiger charge is -2.09. The molecule has 1 rings (SSSR count). The zero-order valence-electron chi connectivity index (χ0n) is 11.8. The van der Waals surface area contributed by atoms with Crippen molar-refractivity contribution in [2.75, 3.05) is 18.4 Å². The number of urea groups is 1. The molecule has 3 amide bonds. The van der Waals surface area contributed by atoms with Crippen molar-refractivity contribution in [3.05, 3.63) is 24.0 Å². The van der Waals surface area contributed by atoms with E-state index in [0.717, 1.165) is 0 Å². The molecular weight excluding hydrogens is 276 g/mol. The quantitative estimate of drug-likeness (QED) is 0.614. The van der Waals surface area contributed by atoms with E-state index in [-0.39, 0.29) is 23.7 Å². The average Bonchev–Trinajstić information content (AvgIpc) is 2.43. The van der Waals surface area contributed by atoms with Gasteiger partial charge in [0.2, 0.25) is 5.91 Å². The van der Waals surface area contributed by atoms with Gasteiger partial charge in [-0.25, -0.2) is 9.59 Å². The van der Waals surface area contributed by atoms with Gasteiger partial charge in [0.15, 0.2) is 0 Å². The standard InChI is InChI=1S/C13H18N4O4/c1-8(2)4-15-11(18)7-16-13(21)17-10-3-9(12(19)20)5-14-6-10/h3,5-6,8H,4,7H2,1-2H3,(H,15,18)(H,19,20)(H2,16,17,21). The highest BCUT2D eigenvalue weighted by atomic mass is 16.4. The summed E-state index contributed by atoms with van der Waals surface area (Å²) in [7, 11) is 0. The van der Waals surface area contributed by atoms with Gasteiger partial charge in [-0.05, 0) is 12.0 Å². The van der Waals surface area contributed by atoms with E-state index in [0.29, 0.717) is 12.5 Å². The maximum absolute atomic E-state index is 11.6. The van der Waals surface area contributed by atoms with Crippen molar-refractivity contribution in [1.29, 1.82) is 0 Å². The molecule has 8 nitrogen and oxygen atoms in total. The first kappa shape index (κ1) is 16.4. The fraction of sp³-hybridized carbons (Fsp3) is 0.385. The van der Waals surface area contributed by atoms with Gasteiger partial charge in [0, 0.05) is 12.7 Å². The van der Waals surface area contributed by atoms with Crippen LogP contribution in [0.25, 0.3) is 0 Å². The summed E-state index contributed by atoms with van der Waals surface area (Å²) in [5.74, 6) is -1.11. The summed E-state index contributed by atoms with van der Waals surface area (Å²) in [5.41, 5.74) is 0.192. The van der Waals surface area contributed by atoms with Crippen LogP contribution in [0.5, 0.6) is 0 Å². The smallest absolute Gasteiger partial charge is 0.337 e. The van der Waals surface area contributed by atoms with Crippen molar-refractivity contribution in [2.24, 2.45) is 5.92 Å². The number of aromatic nitrogens is 1. The molecule has 0 spiro atoms. The van der Waals surface area contributed by atoms with Gasteiger partial charge in [-0.15, -0.1) is 0 Å². The Morgan fingerprint density at radius 3 is 2.57 bits per heavy atom. The average molecular weight is 294 g/mol. The van der Waals surface area contributed by atoms with Crippen LogP contribution in [-0.4, -0.2) is 41.1 Å². The second-order valence-electron chi connectivity index (χ2n) is 4.77. The number of carbonyl (C=O) groups excluding carboxylic acids is 2. The van der Waals surface area contributed by atoms with E-state index in [1.807, 2.05) is 13.8 Å². The minimum atomic E-state index is -1.14. The molecule has 0 unspecified atom stereocenters. The van der Waals surface area contributed by atoms with E-state index in [9.17, 15) is 14.4 Å². The van der Waals surface area contributed by atoms with Gasteiger partial charge in [0.05, 0.1) is 24.0 Å². The predicted molar refractivity (Wildman–Crippen MR) is 76.1 cm³/mol. The molecule has 0 aliphatic carbocycles. The van der Waals surface area contributed by atoms with Gasteiger partial charge in [0.25, 0.3) is 0 Å². The monoisotopic (exact) mass is 294 g/mol. The number of nitrogens with one attached hydrogen (secondary N) is 3. The van der Waals surface area contributed by atoms with Crippen molar-refractivity contribution in [3.63, 3.8) is 0 Å². The third-order valence-corrected chi connectivity index (χ3v) is 2.36. The Balaban J connectivity index is 2.42. The molecule has 0 fully saturated rings. The third-order valence-electron chi connectivity index (χ3n) is 2.36. The fourth-order valence-electron chi connectivity index (χ4n) is 1.34. The van der Waals surface area contributed by atoms with Crippen LogP contribution in [0.2, 0.25) is 0 Å². The third kappa shape index (κ3) is 6.37. The highest BCUT2D eigenvalue weighted by molar-refractivity contribution is 5.94. The molecule has 0 aliphatic rings. The van der Waals surface area contributed by atoms with Crippen molar-refractivity contribution >= 4 is 23.6 Å². The van der Waals surface area contributed by atoms with Crippen LogP contribution in [0, 0.1) is 5.92 Å². The summed E-state index contributed by atoms with van der Waals surface area (Å²) in [4.78, 5) is 37.4. The Morgan fingerprint density at radius 1 is 1.24 bits per heavy atom. The molecule has 0 saturated carbocycles. The number of carboxylic acid groups (broad SMARTS) is 1. The van der Waals surface area contributed by atoms with Gasteiger partial charge in [0.1, 0.15) is 0 Å². The topological polar surface area (TPSA) is 120 Å². The molecule has 4 N–H and O–H groups in total. The largest absolute Gasteiger partial charge is 0.478 e. The van der Waals surface area contributed by atoms with E-state index >= 15 is 0 Å². The van der Waals surface area contributed by atoms with Crippen molar-refractivity contribution < 1.29 is 19.5 Å². The molecule has 0 saturated heterocycles. The van der Waals surface area contributed by atoms with E-state index < -0.39 is 12.0 Å². The Morgan fingerprint density at radius 2 is 1.95 bits per heavy atom. The summed E-state index contributed by atoms with van der Waals surface area (Å²) < 4.78 is 0. The van der Waals surface area contributed by atoms with Crippen LogP contribution < -0.4 is 16.0 Å². The van der Waals surface area contributed by atoms with E-state index in [1.165, 1.54) is 18.5 Å². The van der Waals surface area contributed by atoms with Crippen LogP contribution in [0.3, 0.4) is 0 Å². The molecule has 1 aromatic heterocycles. The second kappa shape index (κ2) is 7.83.